The molecule has 0 radical (unpaired) electrons. The lowest BCUT2D eigenvalue weighted by atomic mass is 9.73. The monoisotopic (exact) mass is 420 g/mol. The van der Waals surface area contributed by atoms with Gasteiger partial charge in [0.2, 0.25) is 5.91 Å². The molecule has 1 aromatic carbocycles. The third-order valence-electron chi connectivity index (χ3n) is 5.82. The molecule has 2 fully saturated rings. The van der Waals surface area contributed by atoms with Crippen LogP contribution in [0.3, 0.4) is 0 Å². The number of hydrogen-bond donors (Lipinski definition) is 2. The molecule has 0 spiro atoms. The second-order valence-corrected chi connectivity index (χ2v) is 7.65. The van der Waals surface area contributed by atoms with Gasteiger partial charge in [-0.2, -0.15) is 13.2 Å². The Kier molecular flexibility index (Phi) is 8.16. The summed E-state index contributed by atoms with van der Waals surface area (Å²) in [4.78, 5) is 12.3. The van der Waals surface area contributed by atoms with Crippen molar-refractivity contribution < 1.29 is 22.7 Å². The van der Waals surface area contributed by atoms with Gasteiger partial charge in [-0.3, -0.25) is 4.79 Å². The summed E-state index contributed by atoms with van der Waals surface area (Å²) in [5, 5.41) is 6.26. The van der Waals surface area contributed by atoms with Crippen LogP contribution in [0, 0.1) is 5.92 Å². The summed E-state index contributed by atoms with van der Waals surface area (Å²) < 4.78 is 44.8. The van der Waals surface area contributed by atoms with Gasteiger partial charge >= 0.3 is 6.18 Å². The number of amides is 1. The van der Waals surface area contributed by atoms with E-state index >= 15 is 0 Å². The zero-order valence-corrected chi connectivity index (χ0v) is 16.6. The van der Waals surface area contributed by atoms with Gasteiger partial charge in [0.05, 0.1) is 5.56 Å². The maximum Gasteiger partial charge on any atom is 0.416 e. The van der Waals surface area contributed by atoms with Crippen molar-refractivity contribution in [1.82, 2.24) is 10.6 Å². The minimum Gasteiger partial charge on any atom is -0.381 e. The molecule has 4 nitrogen and oxygen atoms in total. The molecular weight excluding hydrogens is 393 g/mol. The van der Waals surface area contributed by atoms with E-state index in [0.29, 0.717) is 50.5 Å². The van der Waals surface area contributed by atoms with Crippen molar-refractivity contribution in [3.63, 3.8) is 0 Å². The lowest BCUT2D eigenvalue weighted by molar-refractivity contribution is -0.137. The molecule has 0 bridgehead atoms. The van der Waals surface area contributed by atoms with Crippen LogP contribution < -0.4 is 10.6 Å². The van der Waals surface area contributed by atoms with Crippen LogP contribution in [0.25, 0.3) is 0 Å². The predicted molar refractivity (Wildman–Crippen MR) is 104 cm³/mol. The Labute approximate surface area is 170 Å². The van der Waals surface area contributed by atoms with Crippen LogP contribution in [0.15, 0.2) is 24.3 Å². The maximum atomic E-state index is 13.1. The molecule has 1 atom stereocenters. The van der Waals surface area contributed by atoms with E-state index in [1.54, 1.807) is 6.07 Å². The number of carbonyl (C=O) groups is 1. The molecule has 28 heavy (non-hydrogen) atoms. The van der Waals surface area contributed by atoms with Gasteiger partial charge in [-0.25, -0.2) is 0 Å². The molecule has 0 aromatic heterocycles. The van der Waals surface area contributed by atoms with Gasteiger partial charge in [-0.05, 0) is 56.3 Å². The number of halogens is 4. The third kappa shape index (κ3) is 5.84. The highest BCUT2D eigenvalue weighted by molar-refractivity contribution is 5.85. The summed E-state index contributed by atoms with van der Waals surface area (Å²) in [6.07, 6.45) is -0.776. The van der Waals surface area contributed by atoms with Crippen molar-refractivity contribution in [2.45, 2.75) is 43.7 Å². The van der Waals surface area contributed by atoms with Crippen molar-refractivity contribution in [3.8, 4) is 0 Å². The molecule has 2 heterocycles. The van der Waals surface area contributed by atoms with Gasteiger partial charge in [0.15, 0.2) is 0 Å². The summed E-state index contributed by atoms with van der Waals surface area (Å²) in [5.41, 5.74) is -0.531. The Balaban J connectivity index is 0.00000280. The smallest absolute Gasteiger partial charge is 0.381 e. The second kappa shape index (κ2) is 9.94. The Morgan fingerprint density at radius 3 is 2.68 bits per heavy atom. The zero-order chi connectivity index (χ0) is 19.3. The van der Waals surface area contributed by atoms with E-state index in [4.69, 9.17) is 4.74 Å². The lowest BCUT2D eigenvalue weighted by Gasteiger charge is -2.38. The first-order chi connectivity index (χ1) is 12.9. The van der Waals surface area contributed by atoms with Gasteiger partial charge in [0.1, 0.15) is 0 Å². The van der Waals surface area contributed by atoms with Gasteiger partial charge in [-0.1, -0.05) is 18.2 Å². The normalized spacial score (nSPS) is 21.8. The summed E-state index contributed by atoms with van der Waals surface area (Å²) in [5.74, 6) is 0.510. The number of rotatable bonds is 6. The molecule has 0 saturated carbocycles. The zero-order valence-electron chi connectivity index (χ0n) is 15.8. The number of carbonyl (C=O) groups excluding carboxylic acids is 1. The van der Waals surface area contributed by atoms with Crippen LogP contribution in [0.4, 0.5) is 13.2 Å². The molecule has 1 unspecified atom stereocenters. The highest BCUT2D eigenvalue weighted by Crippen LogP contribution is 2.37. The van der Waals surface area contributed by atoms with Crippen molar-refractivity contribution >= 4 is 18.3 Å². The van der Waals surface area contributed by atoms with Crippen molar-refractivity contribution in [2.75, 3.05) is 32.8 Å². The quantitative estimate of drug-likeness (QED) is 0.738. The molecule has 0 aliphatic carbocycles. The third-order valence-corrected chi connectivity index (χ3v) is 5.82. The van der Waals surface area contributed by atoms with E-state index in [0.717, 1.165) is 32.0 Å². The number of ether oxygens (including phenoxy) is 1. The molecule has 1 aromatic rings. The summed E-state index contributed by atoms with van der Waals surface area (Å²) in [7, 11) is 0. The first kappa shape index (κ1) is 23.0. The fourth-order valence-electron chi connectivity index (χ4n) is 4.01. The molecule has 2 N–H and O–H groups in total. The highest BCUT2D eigenvalue weighted by atomic mass is 35.5. The highest BCUT2D eigenvalue weighted by Gasteiger charge is 2.37. The Bertz CT molecular complexity index is 643. The van der Waals surface area contributed by atoms with Gasteiger partial charge in [0.25, 0.3) is 0 Å². The van der Waals surface area contributed by atoms with E-state index in [-0.39, 0.29) is 18.3 Å². The van der Waals surface area contributed by atoms with Crippen LogP contribution in [-0.4, -0.2) is 38.8 Å². The Hall–Kier alpha value is -1.31. The van der Waals surface area contributed by atoms with Gasteiger partial charge < -0.3 is 15.4 Å². The summed E-state index contributed by atoms with van der Waals surface area (Å²) in [6.45, 7) is 3.28. The van der Waals surface area contributed by atoms with Crippen molar-refractivity contribution in [1.29, 1.82) is 0 Å². The number of benzene rings is 1. The second-order valence-electron chi connectivity index (χ2n) is 7.65. The van der Waals surface area contributed by atoms with E-state index < -0.39 is 17.2 Å². The standard InChI is InChI=1S/C20H27F3N2O2.ClH/c21-20(22,23)17-3-1-2-16(12-17)19(7-10-27-11-8-19)14-25-18(26)5-4-15-6-9-24-13-15;/h1-3,12,15,24H,4-11,13-14H2,(H,25,26);1H. The predicted octanol–water partition coefficient (Wildman–Crippen LogP) is 3.68. The van der Waals surface area contributed by atoms with E-state index in [1.165, 1.54) is 12.1 Å². The average Bonchev–Trinajstić information content (AvgIpc) is 3.18. The first-order valence-electron chi connectivity index (χ1n) is 9.62. The minimum atomic E-state index is -4.37. The fraction of sp³-hybridized carbons (Fsp3) is 0.650. The molecule has 3 rings (SSSR count). The van der Waals surface area contributed by atoms with E-state index in [2.05, 4.69) is 10.6 Å². The Morgan fingerprint density at radius 1 is 1.29 bits per heavy atom. The minimum absolute atomic E-state index is 0. The van der Waals surface area contributed by atoms with Crippen LogP contribution in [0.5, 0.6) is 0 Å². The summed E-state index contributed by atoms with van der Waals surface area (Å²) >= 11 is 0. The Morgan fingerprint density at radius 2 is 2.04 bits per heavy atom. The fourth-order valence-corrected chi connectivity index (χ4v) is 4.01. The average molecular weight is 421 g/mol. The maximum absolute atomic E-state index is 13.1. The number of alkyl halides is 3. The van der Waals surface area contributed by atoms with Gasteiger partial charge in [0, 0.05) is 31.6 Å². The SMILES string of the molecule is Cl.O=C(CCC1CCNC1)NCC1(c2cccc(C(F)(F)F)c2)CCOCC1. The molecule has 8 heteroatoms. The number of hydrogen-bond acceptors (Lipinski definition) is 3. The number of nitrogens with one attached hydrogen (secondary N) is 2. The molecule has 2 aliphatic rings. The van der Waals surface area contributed by atoms with Gasteiger partial charge in [-0.15, -0.1) is 12.4 Å². The largest absolute Gasteiger partial charge is 0.416 e. The van der Waals surface area contributed by atoms with Crippen LogP contribution in [0.1, 0.15) is 43.2 Å². The molecule has 1 amide bonds. The molecule has 2 saturated heterocycles. The van der Waals surface area contributed by atoms with Crippen molar-refractivity contribution in [3.05, 3.63) is 35.4 Å². The molecular formula is C20H28ClF3N2O2. The molecule has 158 valence electrons. The van der Waals surface area contributed by atoms with Crippen molar-refractivity contribution in [2.24, 2.45) is 5.92 Å². The molecule has 2 aliphatic heterocycles. The van der Waals surface area contributed by atoms with E-state index in [9.17, 15) is 18.0 Å². The van der Waals surface area contributed by atoms with Crippen LogP contribution >= 0.6 is 12.4 Å². The van der Waals surface area contributed by atoms with Crippen LogP contribution in [-0.2, 0) is 21.1 Å². The topological polar surface area (TPSA) is 50.4 Å². The van der Waals surface area contributed by atoms with E-state index in [1.807, 2.05) is 0 Å². The van der Waals surface area contributed by atoms with Crippen LogP contribution in [0.2, 0.25) is 0 Å². The summed E-state index contributed by atoms with van der Waals surface area (Å²) in [6, 6.07) is 5.49. The lowest BCUT2D eigenvalue weighted by Crippen LogP contribution is -2.44. The first-order valence-corrected chi connectivity index (χ1v) is 9.62.